The van der Waals surface area contributed by atoms with Crippen LogP contribution in [0.25, 0.3) is 22.0 Å². The summed E-state index contributed by atoms with van der Waals surface area (Å²) < 4.78 is 21.7. The van der Waals surface area contributed by atoms with Crippen LogP contribution in [0.5, 0.6) is 0 Å². The van der Waals surface area contributed by atoms with Crippen molar-refractivity contribution in [3.63, 3.8) is 0 Å². The van der Waals surface area contributed by atoms with Crippen LogP contribution in [0.2, 0.25) is 0 Å². The normalized spacial score (nSPS) is 15.1. The Labute approximate surface area is 169 Å². The first-order chi connectivity index (χ1) is 14.0. The van der Waals surface area contributed by atoms with Gasteiger partial charge in [-0.25, -0.2) is 8.42 Å². The van der Waals surface area contributed by atoms with Crippen molar-refractivity contribution < 1.29 is 13.2 Å². The van der Waals surface area contributed by atoms with Gasteiger partial charge in [0, 0.05) is 17.0 Å². The smallest absolute Gasteiger partial charge is 0.250 e. The molecule has 0 atom stereocenters. The van der Waals surface area contributed by atoms with Gasteiger partial charge in [0.05, 0.1) is 16.8 Å². The molecule has 1 aliphatic rings. The number of anilines is 1. The summed E-state index contributed by atoms with van der Waals surface area (Å²) in [7, 11) is -2.52. The second kappa shape index (κ2) is 8.22. The Morgan fingerprint density at radius 2 is 1.97 bits per heavy atom. The molecule has 0 bridgehead atoms. The highest BCUT2D eigenvalue weighted by Crippen LogP contribution is 2.34. The first kappa shape index (κ1) is 19.4. The quantitative estimate of drug-likeness (QED) is 0.392. The third-order valence-electron chi connectivity index (χ3n) is 5.30. The fraction of sp³-hybridized carbons (Fsp3) is 0.300. The average molecular weight is 414 g/mol. The van der Waals surface area contributed by atoms with Gasteiger partial charge in [-0.1, -0.05) is 12.1 Å². The topological polar surface area (TPSA) is 130 Å². The summed E-state index contributed by atoms with van der Waals surface area (Å²) >= 11 is 0. The Kier molecular flexibility index (Phi) is 5.50. The van der Waals surface area contributed by atoms with Gasteiger partial charge in [0.25, 0.3) is 5.91 Å². The minimum Gasteiger partial charge on any atom is -0.372 e. The molecule has 1 aromatic heterocycles. The SMILES string of the molecule is NC(=O)c1cc(-c2cccc(NC[SH](=O)=O)c2)cc2c(C3CCNCC3)n[nH]c12. The van der Waals surface area contributed by atoms with Crippen molar-refractivity contribution in [3.05, 3.63) is 47.7 Å². The molecule has 1 aliphatic heterocycles. The Bertz CT molecular complexity index is 1120. The molecule has 1 fully saturated rings. The monoisotopic (exact) mass is 413 g/mol. The molecule has 152 valence electrons. The number of primary amides is 1. The summed E-state index contributed by atoms with van der Waals surface area (Å²) in [4.78, 5) is 12.1. The number of nitrogens with two attached hydrogens (primary N) is 1. The Morgan fingerprint density at radius 1 is 1.17 bits per heavy atom. The zero-order valence-corrected chi connectivity index (χ0v) is 16.7. The predicted molar refractivity (Wildman–Crippen MR) is 114 cm³/mol. The van der Waals surface area contributed by atoms with E-state index in [1.54, 1.807) is 12.1 Å². The largest absolute Gasteiger partial charge is 0.372 e. The van der Waals surface area contributed by atoms with E-state index in [9.17, 15) is 13.2 Å². The van der Waals surface area contributed by atoms with Gasteiger partial charge in [-0.3, -0.25) is 9.89 Å². The average Bonchev–Trinajstić information content (AvgIpc) is 3.16. The van der Waals surface area contributed by atoms with Crippen molar-refractivity contribution in [2.24, 2.45) is 5.73 Å². The van der Waals surface area contributed by atoms with E-state index in [0.29, 0.717) is 22.7 Å². The van der Waals surface area contributed by atoms with Crippen molar-refractivity contribution in [1.29, 1.82) is 0 Å². The van der Waals surface area contributed by atoms with Crippen molar-refractivity contribution >= 4 is 33.2 Å². The van der Waals surface area contributed by atoms with Crippen LogP contribution in [0.15, 0.2) is 36.4 Å². The molecule has 4 rings (SSSR count). The van der Waals surface area contributed by atoms with E-state index in [2.05, 4.69) is 20.8 Å². The van der Waals surface area contributed by atoms with E-state index in [-0.39, 0.29) is 5.88 Å². The van der Waals surface area contributed by atoms with E-state index >= 15 is 0 Å². The fourth-order valence-corrected chi connectivity index (χ4v) is 4.18. The lowest BCUT2D eigenvalue weighted by atomic mass is 9.90. The summed E-state index contributed by atoms with van der Waals surface area (Å²) in [5.41, 5.74) is 10.0. The van der Waals surface area contributed by atoms with E-state index in [1.807, 2.05) is 24.3 Å². The maximum absolute atomic E-state index is 12.1. The molecule has 9 heteroatoms. The number of carbonyl (C=O) groups is 1. The van der Waals surface area contributed by atoms with Crippen LogP contribution in [0.4, 0.5) is 5.69 Å². The molecule has 8 nitrogen and oxygen atoms in total. The number of nitrogens with one attached hydrogen (secondary N) is 3. The third kappa shape index (κ3) is 4.10. The number of amides is 1. The lowest BCUT2D eigenvalue weighted by molar-refractivity contribution is 0.100. The van der Waals surface area contributed by atoms with Gasteiger partial charge in [-0.05, 0) is 61.3 Å². The number of nitrogens with zero attached hydrogens (tertiary/aromatic N) is 1. The Morgan fingerprint density at radius 3 is 2.69 bits per heavy atom. The molecule has 0 aliphatic carbocycles. The highest BCUT2D eigenvalue weighted by atomic mass is 32.2. The molecular formula is C20H23N5O3S. The van der Waals surface area contributed by atoms with Crippen LogP contribution in [-0.2, 0) is 10.7 Å². The van der Waals surface area contributed by atoms with Crippen LogP contribution in [0.1, 0.15) is 34.8 Å². The number of hydrogen-bond donors (Lipinski definition) is 5. The molecule has 2 heterocycles. The molecule has 29 heavy (non-hydrogen) atoms. The molecule has 5 N–H and O–H groups in total. The van der Waals surface area contributed by atoms with E-state index in [4.69, 9.17) is 5.73 Å². The Balaban J connectivity index is 1.80. The van der Waals surface area contributed by atoms with E-state index in [0.717, 1.165) is 48.1 Å². The molecule has 1 amide bonds. The lowest BCUT2D eigenvalue weighted by Gasteiger charge is -2.21. The molecule has 0 radical (unpaired) electrons. The summed E-state index contributed by atoms with van der Waals surface area (Å²) in [6.07, 6.45) is 1.98. The number of hydrogen-bond acceptors (Lipinski definition) is 6. The molecular weight excluding hydrogens is 390 g/mol. The molecule has 3 aromatic rings. The van der Waals surface area contributed by atoms with Gasteiger partial charge in [0.2, 0.25) is 0 Å². The summed E-state index contributed by atoms with van der Waals surface area (Å²) in [6, 6.07) is 11.2. The van der Waals surface area contributed by atoms with Gasteiger partial charge in [0.15, 0.2) is 10.7 Å². The zero-order valence-electron chi connectivity index (χ0n) is 15.8. The van der Waals surface area contributed by atoms with Gasteiger partial charge >= 0.3 is 0 Å². The minimum atomic E-state index is -2.52. The van der Waals surface area contributed by atoms with Crippen LogP contribution in [-0.4, -0.2) is 43.5 Å². The van der Waals surface area contributed by atoms with Crippen LogP contribution in [0, 0.1) is 0 Å². The van der Waals surface area contributed by atoms with Gasteiger partial charge in [-0.15, -0.1) is 0 Å². The second-order valence-electron chi connectivity index (χ2n) is 7.19. The number of carbonyl (C=O) groups excluding carboxylic acids is 1. The number of rotatable bonds is 6. The van der Waals surface area contributed by atoms with Crippen molar-refractivity contribution in [2.45, 2.75) is 18.8 Å². The van der Waals surface area contributed by atoms with Crippen molar-refractivity contribution in [2.75, 3.05) is 24.3 Å². The number of H-pyrrole nitrogens is 1. The van der Waals surface area contributed by atoms with Crippen LogP contribution < -0.4 is 16.4 Å². The zero-order chi connectivity index (χ0) is 20.4. The highest BCUT2D eigenvalue weighted by Gasteiger charge is 2.23. The second-order valence-corrected chi connectivity index (χ2v) is 8.17. The first-order valence-corrected chi connectivity index (χ1v) is 10.9. The van der Waals surface area contributed by atoms with Gasteiger partial charge in [0.1, 0.15) is 5.88 Å². The lowest BCUT2D eigenvalue weighted by Crippen LogP contribution is -2.26. The fourth-order valence-electron chi connectivity index (χ4n) is 3.87. The number of piperidine rings is 1. The molecule has 0 unspecified atom stereocenters. The molecule has 0 saturated carbocycles. The first-order valence-electron chi connectivity index (χ1n) is 9.51. The maximum atomic E-state index is 12.1. The summed E-state index contributed by atoms with van der Waals surface area (Å²) in [5.74, 6) is -0.330. The number of aromatic amines is 1. The highest BCUT2D eigenvalue weighted by molar-refractivity contribution is 7.72. The number of benzene rings is 2. The van der Waals surface area contributed by atoms with E-state index < -0.39 is 16.6 Å². The molecule has 2 aromatic carbocycles. The summed E-state index contributed by atoms with van der Waals surface area (Å²) in [6.45, 7) is 1.88. The number of fused-ring (bicyclic) bond motifs is 1. The van der Waals surface area contributed by atoms with Gasteiger partial charge < -0.3 is 16.4 Å². The Hall–Kier alpha value is -2.91. The predicted octanol–water partition coefficient (Wildman–Crippen LogP) is 1.78. The minimum absolute atomic E-state index is 0.133. The number of thiol groups is 1. The van der Waals surface area contributed by atoms with E-state index in [1.165, 1.54) is 0 Å². The molecule has 1 saturated heterocycles. The van der Waals surface area contributed by atoms with Crippen molar-refractivity contribution in [3.8, 4) is 11.1 Å². The standard InChI is InChI=1S/C20H23N5O3S/c21-20(26)17-10-14(13-2-1-3-15(8-13)23-11-29(27)28)9-16-18(24-25-19(16)17)12-4-6-22-7-5-12/h1-3,8-10,12,22-23,29H,4-7,11H2,(H2,21,26)(H,24,25). The van der Waals surface area contributed by atoms with Crippen LogP contribution in [0.3, 0.4) is 0 Å². The van der Waals surface area contributed by atoms with Crippen LogP contribution >= 0.6 is 0 Å². The summed E-state index contributed by atoms with van der Waals surface area (Å²) in [5, 5.41) is 14.7. The molecule has 0 spiro atoms. The van der Waals surface area contributed by atoms with Crippen molar-refractivity contribution in [1.82, 2.24) is 15.5 Å². The third-order valence-corrected chi connectivity index (χ3v) is 5.72. The maximum Gasteiger partial charge on any atom is 0.250 e. The van der Waals surface area contributed by atoms with Gasteiger partial charge in [-0.2, -0.15) is 5.10 Å². The number of aromatic nitrogens is 2.